The van der Waals surface area contributed by atoms with Gasteiger partial charge in [0.2, 0.25) is 11.7 Å². The molecule has 0 saturated carbocycles. The van der Waals surface area contributed by atoms with E-state index in [-0.39, 0.29) is 17.7 Å². The second-order valence-corrected chi connectivity index (χ2v) is 3.66. The van der Waals surface area contributed by atoms with Crippen LogP contribution in [0.15, 0.2) is 16.5 Å². The molecule has 6 heteroatoms. The smallest absolute Gasteiger partial charge is 0.371 e. The van der Waals surface area contributed by atoms with Crippen LogP contribution in [0.4, 0.5) is 0 Å². The third-order valence-electron chi connectivity index (χ3n) is 2.41. The lowest BCUT2D eigenvalue weighted by molar-refractivity contribution is -0.119. The Labute approximate surface area is 91.6 Å². The molecule has 1 unspecified atom stereocenters. The number of hydrogen-bond donors (Lipinski definition) is 3. The summed E-state index contributed by atoms with van der Waals surface area (Å²) >= 11 is 0. The van der Waals surface area contributed by atoms with E-state index in [0.717, 1.165) is 0 Å². The lowest BCUT2D eigenvalue weighted by atomic mass is 10.2. The van der Waals surface area contributed by atoms with Crippen LogP contribution in [0.3, 0.4) is 0 Å². The van der Waals surface area contributed by atoms with Crippen LogP contribution in [-0.2, 0) is 11.3 Å². The number of carbonyl (C=O) groups excluding carboxylic acids is 1. The van der Waals surface area contributed by atoms with Crippen LogP contribution in [0.2, 0.25) is 0 Å². The van der Waals surface area contributed by atoms with Crippen LogP contribution in [-0.4, -0.2) is 29.6 Å². The van der Waals surface area contributed by atoms with Crippen molar-refractivity contribution in [3.8, 4) is 0 Å². The first kappa shape index (κ1) is 10.7. The van der Waals surface area contributed by atoms with Gasteiger partial charge in [-0.05, 0) is 12.1 Å². The van der Waals surface area contributed by atoms with Crippen molar-refractivity contribution in [3.63, 3.8) is 0 Å². The monoisotopic (exact) mass is 224 g/mol. The molecule has 1 aliphatic heterocycles. The number of carboxylic acid groups (broad SMARTS) is 1. The molecule has 1 saturated heterocycles. The van der Waals surface area contributed by atoms with E-state index < -0.39 is 5.97 Å². The van der Waals surface area contributed by atoms with Gasteiger partial charge in [-0.25, -0.2) is 4.79 Å². The highest BCUT2D eigenvalue weighted by molar-refractivity contribution is 5.84. The van der Waals surface area contributed by atoms with Gasteiger partial charge in [0.05, 0.1) is 6.54 Å². The molecule has 0 radical (unpaired) electrons. The zero-order chi connectivity index (χ0) is 11.5. The molecule has 0 aromatic carbocycles. The molecule has 1 amide bonds. The summed E-state index contributed by atoms with van der Waals surface area (Å²) < 4.78 is 5.06. The fourth-order valence-electron chi connectivity index (χ4n) is 1.58. The summed E-state index contributed by atoms with van der Waals surface area (Å²) in [4.78, 5) is 21.5. The van der Waals surface area contributed by atoms with E-state index in [0.29, 0.717) is 25.3 Å². The van der Waals surface area contributed by atoms with E-state index in [9.17, 15) is 9.59 Å². The van der Waals surface area contributed by atoms with Crippen LogP contribution >= 0.6 is 0 Å². The Morgan fingerprint density at radius 3 is 3.00 bits per heavy atom. The van der Waals surface area contributed by atoms with Crippen LogP contribution in [0, 0.1) is 0 Å². The van der Waals surface area contributed by atoms with Gasteiger partial charge in [0.15, 0.2) is 0 Å². The van der Waals surface area contributed by atoms with Gasteiger partial charge >= 0.3 is 5.97 Å². The highest BCUT2D eigenvalue weighted by Crippen LogP contribution is 2.08. The van der Waals surface area contributed by atoms with Crippen molar-refractivity contribution >= 4 is 11.9 Å². The molecule has 2 heterocycles. The molecule has 6 nitrogen and oxygen atoms in total. The van der Waals surface area contributed by atoms with Crippen molar-refractivity contribution in [1.29, 1.82) is 0 Å². The van der Waals surface area contributed by atoms with E-state index in [1.165, 1.54) is 6.07 Å². The molecule has 0 aliphatic carbocycles. The minimum atomic E-state index is -1.08. The first-order chi connectivity index (χ1) is 7.65. The highest BCUT2D eigenvalue weighted by atomic mass is 16.4. The van der Waals surface area contributed by atoms with Crippen LogP contribution in [0.5, 0.6) is 0 Å². The number of hydrogen-bond acceptors (Lipinski definition) is 4. The number of amides is 1. The summed E-state index contributed by atoms with van der Waals surface area (Å²) in [5, 5.41) is 14.5. The first-order valence-corrected chi connectivity index (χ1v) is 4.97. The average Bonchev–Trinajstić information content (AvgIpc) is 2.83. The van der Waals surface area contributed by atoms with Crippen molar-refractivity contribution in [2.75, 3.05) is 6.54 Å². The van der Waals surface area contributed by atoms with Gasteiger partial charge in [-0.1, -0.05) is 0 Å². The summed E-state index contributed by atoms with van der Waals surface area (Å²) in [6.45, 7) is 1.03. The minimum Gasteiger partial charge on any atom is -0.475 e. The summed E-state index contributed by atoms with van der Waals surface area (Å²) in [6, 6.07) is 3.11. The maximum absolute atomic E-state index is 10.9. The van der Waals surface area contributed by atoms with Gasteiger partial charge in [0, 0.05) is 19.0 Å². The standard InChI is InChI=1S/C10H12N2O4/c13-9-3-6(4-12-9)11-5-7-1-2-8(16-7)10(14)15/h1-2,6,11H,3-5H2,(H,12,13)(H,14,15). The van der Waals surface area contributed by atoms with E-state index in [2.05, 4.69) is 10.6 Å². The predicted molar refractivity (Wildman–Crippen MR) is 53.9 cm³/mol. The number of furan rings is 1. The second-order valence-electron chi connectivity index (χ2n) is 3.66. The van der Waals surface area contributed by atoms with Gasteiger partial charge in [-0.2, -0.15) is 0 Å². The molecular weight excluding hydrogens is 212 g/mol. The fourth-order valence-corrected chi connectivity index (χ4v) is 1.58. The highest BCUT2D eigenvalue weighted by Gasteiger charge is 2.21. The molecule has 1 aliphatic rings. The maximum atomic E-state index is 10.9. The molecule has 0 spiro atoms. The van der Waals surface area contributed by atoms with Crippen molar-refractivity contribution in [1.82, 2.24) is 10.6 Å². The van der Waals surface area contributed by atoms with E-state index in [1.54, 1.807) is 6.07 Å². The maximum Gasteiger partial charge on any atom is 0.371 e. The Kier molecular flexibility index (Phi) is 2.91. The third kappa shape index (κ3) is 2.40. The average molecular weight is 224 g/mol. The second kappa shape index (κ2) is 4.36. The van der Waals surface area contributed by atoms with Gasteiger partial charge in [0.1, 0.15) is 5.76 Å². The summed E-state index contributed by atoms with van der Waals surface area (Å²) in [7, 11) is 0. The number of carbonyl (C=O) groups is 2. The molecule has 1 aromatic heterocycles. The third-order valence-corrected chi connectivity index (χ3v) is 2.41. The van der Waals surface area contributed by atoms with Crippen LogP contribution in [0.25, 0.3) is 0 Å². The van der Waals surface area contributed by atoms with E-state index in [1.807, 2.05) is 0 Å². The Bertz CT molecular complexity index is 413. The molecule has 1 atom stereocenters. The van der Waals surface area contributed by atoms with Gasteiger partial charge in [-0.3, -0.25) is 4.79 Å². The molecule has 0 bridgehead atoms. The lowest BCUT2D eigenvalue weighted by Gasteiger charge is -2.07. The number of rotatable bonds is 4. The van der Waals surface area contributed by atoms with Gasteiger partial charge in [-0.15, -0.1) is 0 Å². The Balaban J connectivity index is 1.85. The normalized spacial score (nSPS) is 19.8. The molecule has 2 rings (SSSR count). The van der Waals surface area contributed by atoms with Crippen molar-refractivity contribution < 1.29 is 19.1 Å². The fraction of sp³-hybridized carbons (Fsp3) is 0.400. The quantitative estimate of drug-likeness (QED) is 0.667. The Hall–Kier alpha value is -1.82. The van der Waals surface area contributed by atoms with Gasteiger partial charge in [0.25, 0.3) is 0 Å². The van der Waals surface area contributed by atoms with Gasteiger partial charge < -0.3 is 20.2 Å². The molecule has 1 aromatic rings. The number of carboxylic acids is 1. The topological polar surface area (TPSA) is 91.6 Å². The molecule has 86 valence electrons. The van der Waals surface area contributed by atoms with Crippen molar-refractivity contribution in [2.45, 2.75) is 19.0 Å². The molecule has 1 fully saturated rings. The lowest BCUT2D eigenvalue weighted by Crippen LogP contribution is -2.30. The SMILES string of the molecule is O=C1CC(NCc2ccc(C(=O)O)o2)CN1. The predicted octanol–water partition coefficient (Wildman–Crippen LogP) is -0.0441. The molecule has 3 N–H and O–H groups in total. The summed E-state index contributed by atoms with van der Waals surface area (Å²) in [5.74, 6) is -0.568. The molecule has 16 heavy (non-hydrogen) atoms. The summed E-state index contributed by atoms with van der Waals surface area (Å²) in [5.41, 5.74) is 0. The number of nitrogens with one attached hydrogen (secondary N) is 2. The van der Waals surface area contributed by atoms with E-state index >= 15 is 0 Å². The van der Waals surface area contributed by atoms with E-state index in [4.69, 9.17) is 9.52 Å². The minimum absolute atomic E-state index is 0.0307. The largest absolute Gasteiger partial charge is 0.475 e. The van der Waals surface area contributed by atoms with Crippen molar-refractivity contribution in [3.05, 3.63) is 23.7 Å². The number of aromatic carboxylic acids is 1. The molecular formula is C10H12N2O4. The van der Waals surface area contributed by atoms with Crippen LogP contribution < -0.4 is 10.6 Å². The van der Waals surface area contributed by atoms with Crippen LogP contribution in [0.1, 0.15) is 22.7 Å². The Morgan fingerprint density at radius 2 is 2.44 bits per heavy atom. The summed E-state index contributed by atoms with van der Waals surface area (Å²) in [6.07, 6.45) is 0.451. The zero-order valence-electron chi connectivity index (χ0n) is 8.53. The first-order valence-electron chi connectivity index (χ1n) is 4.97. The zero-order valence-corrected chi connectivity index (χ0v) is 8.53. The Morgan fingerprint density at radius 1 is 1.62 bits per heavy atom. The van der Waals surface area contributed by atoms with Crippen molar-refractivity contribution in [2.24, 2.45) is 0 Å².